The molecule has 0 aromatic heterocycles. The average Bonchev–Trinajstić information content (AvgIpc) is 1.99. The van der Waals surface area contributed by atoms with Crippen LogP contribution >= 0.6 is 0 Å². The van der Waals surface area contributed by atoms with Crippen LogP contribution in [0.25, 0.3) is 0 Å². The lowest BCUT2D eigenvalue weighted by atomic mass is 10.1. The Morgan fingerprint density at radius 2 is 2.00 bits per heavy atom. The largest absolute Gasteiger partial charge is 0.359 e. The third kappa shape index (κ3) is 6.32. The van der Waals surface area contributed by atoms with Crippen LogP contribution < -0.4 is 5.73 Å². The maximum absolute atomic E-state index is 5.71. The van der Waals surface area contributed by atoms with Gasteiger partial charge in [-0.05, 0) is 19.8 Å². The number of ether oxygens (including phenoxy) is 1. The quantitative estimate of drug-likeness (QED) is 0.476. The molecule has 11 heavy (non-hydrogen) atoms. The minimum Gasteiger partial charge on any atom is -0.359 e. The topological polar surface area (TPSA) is 35.2 Å². The van der Waals surface area contributed by atoms with Gasteiger partial charge in [0, 0.05) is 0 Å². The summed E-state index contributed by atoms with van der Waals surface area (Å²) in [6.07, 6.45) is 5.82. The zero-order chi connectivity index (χ0) is 8.74. The summed E-state index contributed by atoms with van der Waals surface area (Å²) in [4.78, 5) is 0. The number of nitrogens with two attached hydrogens (primary N) is 1. The van der Waals surface area contributed by atoms with E-state index in [-0.39, 0.29) is 0 Å². The van der Waals surface area contributed by atoms with Crippen LogP contribution in [-0.2, 0) is 4.74 Å². The SMILES string of the molecule is [CH2]OC(C)(N)CCCCCC. The predicted octanol–water partition coefficient (Wildman–Crippen LogP) is 2.44. The predicted molar refractivity (Wildman–Crippen MR) is 47.8 cm³/mol. The summed E-state index contributed by atoms with van der Waals surface area (Å²) in [5.74, 6) is 0. The number of rotatable bonds is 6. The van der Waals surface area contributed by atoms with Gasteiger partial charge < -0.3 is 10.5 Å². The van der Waals surface area contributed by atoms with Crippen LogP contribution in [-0.4, -0.2) is 5.72 Å². The second-order valence-electron chi connectivity index (χ2n) is 3.27. The Bertz CT molecular complexity index is 91.6. The van der Waals surface area contributed by atoms with Gasteiger partial charge in [-0.15, -0.1) is 0 Å². The Labute approximate surface area is 70.1 Å². The van der Waals surface area contributed by atoms with E-state index in [1.54, 1.807) is 0 Å². The molecule has 1 atom stereocenters. The normalized spacial score (nSPS) is 16.4. The lowest BCUT2D eigenvalue weighted by molar-refractivity contribution is 0.0298. The van der Waals surface area contributed by atoms with E-state index < -0.39 is 5.72 Å². The van der Waals surface area contributed by atoms with Gasteiger partial charge in [-0.25, -0.2) is 0 Å². The van der Waals surface area contributed by atoms with Gasteiger partial charge in [-0.2, -0.15) is 0 Å². The van der Waals surface area contributed by atoms with Crippen LogP contribution in [0.15, 0.2) is 0 Å². The number of hydrogen-bond acceptors (Lipinski definition) is 2. The van der Waals surface area contributed by atoms with E-state index in [4.69, 9.17) is 10.5 Å². The van der Waals surface area contributed by atoms with Crippen LogP contribution in [0.1, 0.15) is 46.0 Å². The van der Waals surface area contributed by atoms with Crippen molar-refractivity contribution in [3.05, 3.63) is 7.11 Å². The van der Waals surface area contributed by atoms with E-state index in [0.29, 0.717) is 0 Å². The minimum atomic E-state index is -0.520. The molecule has 0 spiro atoms. The van der Waals surface area contributed by atoms with Crippen molar-refractivity contribution in [2.45, 2.75) is 51.7 Å². The molecule has 0 aliphatic carbocycles. The van der Waals surface area contributed by atoms with Crippen LogP contribution in [0.4, 0.5) is 0 Å². The van der Waals surface area contributed by atoms with Gasteiger partial charge in [0.15, 0.2) is 0 Å². The first-order chi connectivity index (χ1) is 5.12. The Kier molecular flexibility index (Phi) is 5.51. The molecule has 0 amide bonds. The fourth-order valence-electron chi connectivity index (χ4n) is 0.975. The molecule has 0 saturated heterocycles. The maximum Gasteiger partial charge on any atom is 0.114 e. The molecule has 0 rings (SSSR count). The molecular formula is C9H20NO. The fraction of sp³-hybridized carbons (Fsp3) is 0.889. The average molecular weight is 158 g/mol. The monoisotopic (exact) mass is 158 g/mol. The van der Waals surface area contributed by atoms with Crippen molar-refractivity contribution in [2.24, 2.45) is 5.73 Å². The van der Waals surface area contributed by atoms with E-state index in [2.05, 4.69) is 14.0 Å². The highest BCUT2D eigenvalue weighted by Gasteiger charge is 2.15. The van der Waals surface area contributed by atoms with Crippen molar-refractivity contribution in [1.29, 1.82) is 0 Å². The lowest BCUT2D eigenvalue weighted by Crippen LogP contribution is -2.37. The van der Waals surface area contributed by atoms with Gasteiger partial charge in [0.1, 0.15) is 5.72 Å². The van der Waals surface area contributed by atoms with Crippen LogP contribution in [0, 0.1) is 7.11 Å². The minimum absolute atomic E-state index is 0.520. The smallest absolute Gasteiger partial charge is 0.114 e. The van der Waals surface area contributed by atoms with Gasteiger partial charge >= 0.3 is 0 Å². The summed E-state index contributed by atoms with van der Waals surface area (Å²) >= 11 is 0. The first-order valence-electron chi connectivity index (χ1n) is 4.34. The van der Waals surface area contributed by atoms with E-state index in [0.717, 1.165) is 12.8 Å². The summed E-state index contributed by atoms with van der Waals surface area (Å²) in [6, 6.07) is 0. The molecule has 0 bridgehead atoms. The molecular weight excluding hydrogens is 138 g/mol. The van der Waals surface area contributed by atoms with Gasteiger partial charge in [-0.1, -0.05) is 26.2 Å². The standard InChI is InChI=1S/C9H20NO/c1-4-5-6-7-8-9(2,10)11-3/h3-8,10H2,1-2H3. The molecule has 2 nitrogen and oxygen atoms in total. The molecule has 2 heteroatoms. The molecule has 0 aliphatic rings. The Balaban J connectivity index is 3.23. The molecule has 0 aromatic rings. The highest BCUT2D eigenvalue weighted by atomic mass is 16.5. The maximum atomic E-state index is 5.71. The van der Waals surface area contributed by atoms with E-state index in [9.17, 15) is 0 Å². The Hall–Kier alpha value is -0.0800. The molecule has 1 radical (unpaired) electrons. The van der Waals surface area contributed by atoms with Crippen molar-refractivity contribution >= 4 is 0 Å². The number of unbranched alkanes of at least 4 members (excludes halogenated alkanes) is 3. The van der Waals surface area contributed by atoms with Crippen LogP contribution in [0.2, 0.25) is 0 Å². The van der Waals surface area contributed by atoms with E-state index in [1.807, 2.05) is 6.92 Å². The fourth-order valence-corrected chi connectivity index (χ4v) is 0.975. The third-order valence-corrected chi connectivity index (χ3v) is 1.86. The van der Waals surface area contributed by atoms with Gasteiger partial charge in [0.2, 0.25) is 0 Å². The highest BCUT2D eigenvalue weighted by Crippen LogP contribution is 2.12. The molecule has 0 saturated carbocycles. The van der Waals surface area contributed by atoms with Crippen LogP contribution in [0.5, 0.6) is 0 Å². The highest BCUT2D eigenvalue weighted by molar-refractivity contribution is 4.65. The molecule has 0 aromatic carbocycles. The van der Waals surface area contributed by atoms with E-state index in [1.165, 1.54) is 19.3 Å². The summed E-state index contributed by atoms with van der Waals surface area (Å²) in [5, 5.41) is 0. The lowest BCUT2D eigenvalue weighted by Gasteiger charge is -2.22. The Morgan fingerprint density at radius 1 is 1.36 bits per heavy atom. The molecule has 1 unspecified atom stereocenters. The first kappa shape index (κ1) is 10.9. The summed E-state index contributed by atoms with van der Waals surface area (Å²) < 4.78 is 4.85. The zero-order valence-electron chi connectivity index (χ0n) is 7.73. The van der Waals surface area contributed by atoms with Crippen molar-refractivity contribution in [3.8, 4) is 0 Å². The van der Waals surface area contributed by atoms with Crippen molar-refractivity contribution in [2.75, 3.05) is 0 Å². The second kappa shape index (κ2) is 5.56. The van der Waals surface area contributed by atoms with Crippen LogP contribution in [0.3, 0.4) is 0 Å². The summed E-state index contributed by atoms with van der Waals surface area (Å²) in [7, 11) is 3.33. The summed E-state index contributed by atoms with van der Waals surface area (Å²) in [5.41, 5.74) is 5.19. The first-order valence-corrected chi connectivity index (χ1v) is 4.34. The molecule has 0 heterocycles. The molecule has 0 fully saturated rings. The van der Waals surface area contributed by atoms with Gasteiger partial charge in [0.05, 0.1) is 7.11 Å². The molecule has 67 valence electrons. The summed E-state index contributed by atoms with van der Waals surface area (Å²) in [6.45, 7) is 4.06. The third-order valence-electron chi connectivity index (χ3n) is 1.86. The number of hydrogen-bond donors (Lipinski definition) is 1. The van der Waals surface area contributed by atoms with Crippen molar-refractivity contribution < 1.29 is 4.74 Å². The van der Waals surface area contributed by atoms with Gasteiger partial charge in [0.25, 0.3) is 0 Å². The van der Waals surface area contributed by atoms with E-state index >= 15 is 0 Å². The molecule has 2 N–H and O–H groups in total. The second-order valence-corrected chi connectivity index (χ2v) is 3.27. The van der Waals surface area contributed by atoms with Gasteiger partial charge in [-0.3, -0.25) is 0 Å². The molecule has 0 aliphatic heterocycles. The zero-order valence-corrected chi connectivity index (χ0v) is 7.73. The van der Waals surface area contributed by atoms with Crippen molar-refractivity contribution in [1.82, 2.24) is 0 Å². The van der Waals surface area contributed by atoms with Crippen molar-refractivity contribution in [3.63, 3.8) is 0 Å². The Morgan fingerprint density at radius 3 is 2.45 bits per heavy atom.